The number of nitrogens with one attached hydrogen (secondary N) is 1. The van der Waals surface area contributed by atoms with E-state index in [-0.39, 0.29) is 5.84 Å². The summed E-state index contributed by atoms with van der Waals surface area (Å²) >= 11 is 0. The number of hydrogen-bond donors (Lipinski definition) is 2. The molecule has 1 atom stereocenters. The van der Waals surface area contributed by atoms with E-state index in [1.54, 1.807) is 6.20 Å². The van der Waals surface area contributed by atoms with Crippen LogP contribution in [-0.2, 0) is 0 Å². The minimum atomic E-state index is 0.104. The molecule has 1 aromatic heterocycles. The van der Waals surface area contributed by atoms with Gasteiger partial charge in [0.1, 0.15) is 11.7 Å². The SMILES string of the molecule is CCCC1CCN(c2ncccc2C(=N)N)C1. The van der Waals surface area contributed by atoms with Crippen LogP contribution >= 0.6 is 0 Å². The van der Waals surface area contributed by atoms with Gasteiger partial charge in [-0.15, -0.1) is 0 Å². The quantitative estimate of drug-likeness (QED) is 0.616. The van der Waals surface area contributed by atoms with Gasteiger partial charge in [0, 0.05) is 19.3 Å². The Hall–Kier alpha value is -1.58. The van der Waals surface area contributed by atoms with Gasteiger partial charge >= 0.3 is 0 Å². The molecule has 92 valence electrons. The molecule has 1 fully saturated rings. The van der Waals surface area contributed by atoms with Crippen LogP contribution in [-0.4, -0.2) is 23.9 Å². The maximum Gasteiger partial charge on any atom is 0.139 e. The number of amidine groups is 1. The molecule has 0 aromatic carbocycles. The minimum Gasteiger partial charge on any atom is -0.384 e. The fourth-order valence-corrected chi connectivity index (χ4v) is 2.53. The number of anilines is 1. The average molecular weight is 232 g/mol. The highest BCUT2D eigenvalue weighted by Gasteiger charge is 2.24. The summed E-state index contributed by atoms with van der Waals surface area (Å²) in [4.78, 5) is 6.64. The second-order valence-electron chi connectivity index (χ2n) is 4.68. The molecular formula is C13H20N4. The van der Waals surface area contributed by atoms with Crippen LogP contribution in [0.3, 0.4) is 0 Å². The van der Waals surface area contributed by atoms with Crippen LogP contribution in [0.15, 0.2) is 18.3 Å². The number of rotatable bonds is 4. The van der Waals surface area contributed by atoms with Crippen molar-refractivity contribution in [1.29, 1.82) is 5.41 Å². The molecule has 2 heterocycles. The van der Waals surface area contributed by atoms with E-state index in [0.717, 1.165) is 30.4 Å². The van der Waals surface area contributed by atoms with Gasteiger partial charge in [0.15, 0.2) is 0 Å². The standard InChI is InChI=1S/C13H20N4/c1-2-4-10-6-8-17(9-10)13-11(12(14)15)5-3-7-16-13/h3,5,7,10H,2,4,6,8-9H2,1H3,(H3,14,15). The highest BCUT2D eigenvalue weighted by Crippen LogP contribution is 2.27. The summed E-state index contributed by atoms with van der Waals surface area (Å²) in [5, 5.41) is 7.58. The van der Waals surface area contributed by atoms with E-state index in [9.17, 15) is 0 Å². The first-order chi connectivity index (χ1) is 8.22. The predicted molar refractivity (Wildman–Crippen MR) is 70.5 cm³/mol. The molecule has 0 bridgehead atoms. The first-order valence-electron chi connectivity index (χ1n) is 6.26. The maximum atomic E-state index is 7.58. The molecule has 0 amide bonds. The molecule has 3 N–H and O–H groups in total. The second kappa shape index (κ2) is 5.17. The van der Waals surface area contributed by atoms with Crippen molar-refractivity contribution in [2.75, 3.05) is 18.0 Å². The third-order valence-electron chi connectivity index (χ3n) is 3.36. The van der Waals surface area contributed by atoms with Crippen molar-refractivity contribution in [3.05, 3.63) is 23.9 Å². The van der Waals surface area contributed by atoms with Gasteiger partial charge in [0.25, 0.3) is 0 Å². The Kier molecular flexibility index (Phi) is 3.61. The lowest BCUT2D eigenvalue weighted by atomic mass is 10.0. The second-order valence-corrected chi connectivity index (χ2v) is 4.68. The number of hydrogen-bond acceptors (Lipinski definition) is 3. The molecule has 0 spiro atoms. The Balaban J connectivity index is 2.16. The molecule has 1 aromatic rings. The van der Waals surface area contributed by atoms with Gasteiger partial charge in [-0.05, 0) is 30.9 Å². The largest absolute Gasteiger partial charge is 0.384 e. The lowest BCUT2D eigenvalue weighted by Gasteiger charge is -2.20. The van der Waals surface area contributed by atoms with Crippen molar-refractivity contribution in [1.82, 2.24) is 4.98 Å². The van der Waals surface area contributed by atoms with Crippen LogP contribution in [0.25, 0.3) is 0 Å². The fourth-order valence-electron chi connectivity index (χ4n) is 2.53. The molecule has 0 saturated carbocycles. The van der Waals surface area contributed by atoms with E-state index in [4.69, 9.17) is 11.1 Å². The van der Waals surface area contributed by atoms with E-state index in [1.807, 2.05) is 12.1 Å². The van der Waals surface area contributed by atoms with Crippen molar-refractivity contribution >= 4 is 11.7 Å². The van der Waals surface area contributed by atoms with Crippen molar-refractivity contribution in [2.45, 2.75) is 26.2 Å². The topological polar surface area (TPSA) is 66.0 Å². The zero-order valence-corrected chi connectivity index (χ0v) is 10.3. The zero-order chi connectivity index (χ0) is 12.3. The number of nitrogens with zero attached hydrogens (tertiary/aromatic N) is 2. The summed E-state index contributed by atoms with van der Waals surface area (Å²) < 4.78 is 0. The molecule has 17 heavy (non-hydrogen) atoms. The summed E-state index contributed by atoms with van der Waals surface area (Å²) in [6.07, 6.45) is 5.51. The smallest absolute Gasteiger partial charge is 0.139 e. The lowest BCUT2D eigenvalue weighted by molar-refractivity contribution is 0.529. The Morgan fingerprint density at radius 2 is 2.47 bits per heavy atom. The normalized spacial score (nSPS) is 19.6. The first-order valence-corrected chi connectivity index (χ1v) is 6.26. The van der Waals surface area contributed by atoms with E-state index >= 15 is 0 Å². The van der Waals surface area contributed by atoms with Crippen LogP contribution in [0, 0.1) is 11.3 Å². The van der Waals surface area contributed by atoms with Crippen LogP contribution in [0.2, 0.25) is 0 Å². The Labute approximate surface area is 102 Å². The first kappa shape index (κ1) is 11.9. The maximum absolute atomic E-state index is 7.58. The Morgan fingerprint density at radius 3 is 3.18 bits per heavy atom. The predicted octanol–water partition coefficient (Wildman–Crippen LogP) is 1.99. The van der Waals surface area contributed by atoms with Gasteiger partial charge in [-0.25, -0.2) is 4.98 Å². The molecule has 0 radical (unpaired) electrons. The summed E-state index contributed by atoms with van der Waals surface area (Å²) in [6, 6.07) is 3.71. The van der Waals surface area contributed by atoms with Gasteiger partial charge in [0.2, 0.25) is 0 Å². The lowest BCUT2D eigenvalue weighted by Crippen LogP contribution is -2.25. The third kappa shape index (κ3) is 2.57. The summed E-state index contributed by atoms with van der Waals surface area (Å²) in [5.41, 5.74) is 6.35. The third-order valence-corrected chi connectivity index (χ3v) is 3.36. The molecule has 1 unspecified atom stereocenters. The van der Waals surface area contributed by atoms with Crippen molar-refractivity contribution in [3.8, 4) is 0 Å². The fraction of sp³-hybridized carbons (Fsp3) is 0.538. The Morgan fingerprint density at radius 1 is 1.65 bits per heavy atom. The van der Waals surface area contributed by atoms with Crippen LogP contribution in [0.5, 0.6) is 0 Å². The van der Waals surface area contributed by atoms with Crippen molar-refractivity contribution < 1.29 is 0 Å². The average Bonchev–Trinajstić information content (AvgIpc) is 2.78. The summed E-state index contributed by atoms with van der Waals surface area (Å²) in [5.74, 6) is 1.74. The van der Waals surface area contributed by atoms with Crippen LogP contribution < -0.4 is 10.6 Å². The van der Waals surface area contributed by atoms with Crippen molar-refractivity contribution in [3.63, 3.8) is 0 Å². The molecule has 4 heteroatoms. The highest BCUT2D eigenvalue weighted by atomic mass is 15.2. The summed E-state index contributed by atoms with van der Waals surface area (Å²) in [7, 11) is 0. The monoisotopic (exact) mass is 232 g/mol. The number of aromatic nitrogens is 1. The summed E-state index contributed by atoms with van der Waals surface area (Å²) in [6.45, 7) is 4.30. The van der Waals surface area contributed by atoms with Crippen LogP contribution in [0.1, 0.15) is 31.7 Å². The van der Waals surface area contributed by atoms with E-state index in [0.29, 0.717) is 0 Å². The van der Waals surface area contributed by atoms with E-state index < -0.39 is 0 Å². The molecule has 1 aliphatic heterocycles. The molecular weight excluding hydrogens is 212 g/mol. The molecule has 0 aliphatic carbocycles. The van der Waals surface area contributed by atoms with Crippen LogP contribution in [0.4, 0.5) is 5.82 Å². The number of nitrogen functional groups attached to an aromatic ring is 1. The van der Waals surface area contributed by atoms with Gasteiger partial charge in [0.05, 0.1) is 5.56 Å². The van der Waals surface area contributed by atoms with Gasteiger partial charge in [-0.3, -0.25) is 5.41 Å². The van der Waals surface area contributed by atoms with Gasteiger partial charge < -0.3 is 10.6 Å². The highest BCUT2D eigenvalue weighted by molar-refractivity contribution is 5.99. The number of pyridine rings is 1. The minimum absolute atomic E-state index is 0.104. The van der Waals surface area contributed by atoms with Gasteiger partial charge in [-0.1, -0.05) is 13.3 Å². The van der Waals surface area contributed by atoms with Gasteiger partial charge in [-0.2, -0.15) is 0 Å². The zero-order valence-electron chi connectivity index (χ0n) is 10.3. The number of nitrogens with two attached hydrogens (primary N) is 1. The molecule has 2 rings (SSSR count). The molecule has 4 nitrogen and oxygen atoms in total. The molecule has 1 saturated heterocycles. The van der Waals surface area contributed by atoms with E-state index in [2.05, 4.69) is 16.8 Å². The van der Waals surface area contributed by atoms with Crippen molar-refractivity contribution in [2.24, 2.45) is 11.7 Å². The Bertz CT molecular complexity index is 402. The van der Waals surface area contributed by atoms with E-state index in [1.165, 1.54) is 19.3 Å². The molecule has 1 aliphatic rings.